The van der Waals surface area contributed by atoms with E-state index in [1.54, 1.807) is 18.3 Å². The molecule has 1 fully saturated rings. The van der Waals surface area contributed by atoms with Crippen LogP contribution in [0, 0.1) is 0 Å². The summed E-state index contributed by atoms with van der Waals surface area (Å²) in [7, 11) is 0. The second kappa shape index (κ2) is 5.34. The highest BCUT2D eigenvalue weighted by molar-refractivity contribution is 9.10. The third-order valence-corrected chi connectivity index (χ3v) is 3.23. The Morgan fingerprint density at radius 3 is 2.50 bits per heavy atom. The quantitative estimate of drug-likeness (QED) is 0.786. The molecule has 1 heterocycles. The van der Waals surface area contributed by atoms with E-state index in [0.717, 1.165) is 4.47 Å². The van der Waals surface area contributed by atoms with Crippen LogP contribution in [0.15, 0.2) is 22.8 Å². The van der Waals surface area contributed by atoms with Gasteiger partial charge in [-0.2, -0.15) is 0 Å². The number of aromatic nitrogens is 1. The van der Waals surface area contributed by atoms with Crippen LogP contribution in [0.1, 0.15) is 23.3 Å². The predicted molar refractivity (Wildman–Crippen MR) is 67.4 cm³/mol. The van der Waals surface area contributed by atoms with Crippen LogP contribution in [0.2, 0.25) is 0 Å². The summed E-state index contributed by atoms with van der Waals surface area (Å²) in [6.07, 6.45) is 1.77. The second-order valence-corrected chi connectivity index (χ2v) is 5.07. The number of pyridine rings is 1. The molecule has 0 saturated heterocycles. The molecule has 1 aliphatic rings. The summed E-state index contributed by atoms with van der Waals surface area (Å²) < 4.78 is 0.813. The fourth-order valence-electron chi connectivity index (χ4n) is 1.80. The zero-order chi connectivity index (χ0) is 13.1. The van der Waals surface area contributed by atoms with Gasteiger partial charge >= 0.3 is 6.09 Å². The minimum Gasteiger partial charge on any atom is -0.465 e. The lowest BCUT2D eigenvalue weighted by Crippen LogP contribution is -2.53. The highest BCUT2D eigenvalue weighted by Gasteiger charge is 2.31. The number of carbonyl (C=O) groups is 2. The first-order chi connectivity index (χ1) is 8.54. The van der Waals surface area contributed by atoms with Gasteiger partial charge in [0.2, 0.25) is 0 Å². The maximum Gasteiger partial charge on any atom is 0.404 e. The van der Waals surface area contributed by atoms with Crippen LogP contribution >= 0.6 is 15.9 Å². The Balaban J connectivity index is 1.80. The molecule has 1 aromatic heterocycles. The van der Waals surface area contributed by atoms with Gasteiger partial charge in [0, 0.05) is 22.8 Å². The smallest absolute Gasteiger partial charge is 0.404 e. The van der Waals surface area contributed by atoms with E-state index in [0.29, 0.717) is 18.5 Å². The number of rotatable bonds is 3. The molecule has 1 aliphatic carbocycles. The minimum atomic E-state index is -1.03. The van der Waals surface area contributed by atoms with Gasteiger partial charge in [0.1, 0.15) is 5.69 Å². The first-order valence-corrected chi connectivity index (χ1v) is 6.26. The number of carbonyl (C=O) groups excluding carboxylic acids is 1. The summed E-state index contributed by atoms with van der Waals surface area (Å²) in [4.78, 5) is 26.1. The van der Waals surface area contributed by atoms with Gasteiger partial charge in [-0.25, -0.2) is 9.78 Å². The molecule has 1 aromatic rings. The summed E-state index contributed by atoms with van der Waals surface area (Å²) in [5.74, 6) is -0.235. The Hall–Kier alpha value is -1.63. The van der Waals surface area contributed by atoms with Gasteiger partial charge in [-0.05, 0) is 40.9 Å². The standard InChI is InChI=1S/C11H12BrN3O3/c12-6-1-2-9(13-5-6)10(16)14-7-3-8(4-7)15-11(17)18/h1-2,5,7-8,15H,3-4H2,(H,14,16)(H,17,18)/t7-,8+. The van der Waals surface area contributed by atoms with Gasteiger partial charge in [0.25, 0.3) is 5.91 Å². The van der Waals surface area contributed by atoms with E-state index < -0.39 is 6.09 Å². The summed E-state index contributed by atoms with van der Waals surface area (Å²) in [6, 6.07) is 3.33. The van der Waals surface area contributed by atoms with E-state index in [4.69, 9.17) is 5.11 Å². The number of hydrogen-bond acceptors (Lipinski definition) is 3. The molecular weight excluding hydrogens is 302 g/mol. The molecule has 3 N–H and O–H groups in total. The highest BCUT2D eigenvalue weighted by atomic mass is 79.9. The molecule has 0 atom stereocenters. The molecule has 7 heteroatoms. The summed E-state index contributed by atoms with van der Waals surface area (Å²) in [5, 5.41) is 13.7. The average molecular weight is 314 g/mol. The van der Waals surface area contributed by atoms with E-state index in [2.05, 4.69) is 31.5 Å². The normalized spacial score (nSPS) is 21.8. The Bertz CT molecular complexity index is 457. The van der Waals surface area contributed by atoms with Crippen LogP contribution in [0.3, 0.4) is 0 Å². The third-order valence-electron chi connectivity index (χ3n) is 2.76. The van der Waals surface area contributed by atoms with Crippen molar-refractivity contribution < 1.29 is 14.7 Å². The first-order valence-electron chi connectivity index (χ1n) is 5.46. The van der Waals surface area contributed by atoms with Gasteiger partial charge in [-0.1, -0.05) is 0 Å². The van der Waals surface area contributed by atoms with E-state index in [1.165, 1.54) is 0 Å². The molecule has 0 spiro atoms. The molecular formula is C11H12BrN3O3. The van der Waals surface area contributed by atoms with Crippen molar-refractivity contribution in [1.29, 1.82) is 0 Å². The van der Waals surface area contributed by atoms with Crippen molar-refractivity contribution in [3.63, 3.8) is 0 Å². The molecule has 2 amide bonds. The van der Waals surface area contributed by atoms with Crippen LogP contribution in [-0.2, 0) is 0 Å². The van der Waals surface area contributed by atoms with Crippen molar-refractivity contribution in [1.82, 2.24) is 15.6 Å². The molecule has 0 unspecified atom stereocenters. The SMILES string of the molecule is O=C(O)N[C@H]1C[C@@H](NC(=O)c2ccc(Br)cn2)C1. The van der Waals surface area contributed by atoms with Crippen molar-refractivity contribution in [2.24, 2.45) is 0 Å². The number of hydrogen-bond donors (Lipinski definition) is 3. The Morgan fingerprint density at radius 1 is 1.28 bits per heavy atom. The van der Waals surface area contributed by atoms with Gasteiger partial charge in [-0.15, -0.1) is 0 Å². The molecule has 1 saturated carbocycles. The molecule has 0 bridgehead atoms. The molecule has 0 aliphatic heterocycles. The lowest BCUT2D eigenvalue weighted by atomic mass is 9.87. The first kappa shape index (κ1) is 12.8. The van der Waals surface area contributed by atoms with Crippen molar-refractivity contribution in [3.05, 3.63) is 28.5 Å². The zero-order valence-electron chi connectivity index (χ0n) is 9.39. The van der Waals surface area contributed by atoms with Crippen LogP contribution in [0.4, 0.5) is 4.79 Å². The maximum atomic E-state index is 11.8. The molecule has 2 rings (SSSR count). The molecule has 96 valence electrons. The van der Waals surface area contributed by atoms with E-state index in [1.807, 2.05) is 0 Å². The van der Waals surface area contributed by atoms with Gasteiger partial charge in [0.05, 0.1) is 0 Å². The van der Waals surface area contributed by atoms with E-state index in [-0.39, 0.29) is 18.0 Å². The fourth-order valence-corrected chi connectivity index (χ4v) is 2.03. The number of nitrogens with zero attached hydrogens (tertiary/aromatic N) is 1. The Morgan fingerprint density at radius 2 is 1.94 bits per heavy atom. The maximum absolute atomic E-state index is 11.8. The van der Waals surface area contributed by atoms with Crippen LogP contribution in [0.25, 0.3) is 0 Å². The van der Waals surface area contributed by atoms with Crippen molar-refractivity contribution >= 4 is 27.9 Å². The molecule has 0 radical (unpaired) electrons. The topological polar surface area (TPSA) is 91.3 Å². The predicted octanol–water partition coefficient (Wildman–Crippen LogP) is 1.37. The summed E-state index contributed by atoms with van der Waals surface area (Å²) >= 11 is 3.24. The fraction of sp³-hybridized carbons (Fsp3) is 0.364. The van der Waals surface area contributed by atoms with E-state index >= 15 is 0 Å². The molecule has 18 heavy (non-hydrogen) atoms. The van der Waals surface area contributed by atoms with Crippen LogP contribution in [-0.4, -0.2) is 34.2 Å². The van der Waals surface area contributed by atoms with Gasteiger partial charge < -0.3 is 15.7 Å². The number of carboxylic acid groups (broad SMARTS) is 1. The number of amides is 2. The third kappa shape index (κ3) is 3.19. The second-order valence-electron chi connectivity index (χ2n) is 4.15. The van der Waals surface area contributed by atoms with Crippen molar-refractivity contribution in [3.8, 4) is 0 Å². The largest absolute Gasteiger partial charge is 0.465 e. The lowest BCUT2D eigenvalue weighted by Gasteiger charge is -2.35. The Labute approximate surface area is 112 Å². The zero-order valence-corrected chi connectivity index (χ0v) is 11.0. The minimum absolute atomic E-state index is 0.0137. The van der Waals surface area contributed by atoms with Gasteiger partial charge in [-0.3, -0.25) is 4.79 Å². The monoisotopic (exact) mass is 313 g/mol. The summed E-state index contributed by atoms with van der Waals surface area (Å²) in [5.41, 5.74) is 0.354. The molecule has 6 nitrogen and oxygen atoms in total. The number of halogens is 1. The highest BCUT2D eigenvalue weighted by Crippen LogP contribution is 2.20. The lowest BCUT2D eigenvalue weighted by molar-refractivity contribution is 0.0897. The average Bonchev–Trinajstić information content (AvgIpc) is 2.26. The molecule has 0 aromatic carbocycles. The van der Waals surface area contributed by atoms with Gasteiger partial charge in [0.15, 0.2) is 0 Å². The van der Waals surface area contributed by atoms with Crippen LogP contribution < -0.4 is 10.6 Å². The Kier molecular flexibility index (Phi) is 3.81. The van der Waals surface area contributed by atoms with E-state index in [9.17, 15) is 9.59 Å². The number of nitrogens with one attached hydrogen (secondary N) is 2. The van der Waals surface area contributed by atoms with Crippen molar-refractivity contribution in [2.75, 3.05) is 0 Å². The van der Waals surface area contributed by atoms with Crippen molar-refractivity contribution in [2.45, 2.75) is 24.9 Å². The summed E-state index contributed by atoms with van der Waals surface area (Å²) in [6.45, 7) is 0. The van der Waals surface area contributed by atoms with Crippen LogP contribution in [0.5, 0.6) is 0 Å².